The van der Waals surface area contributed by atoms with E-state index in [0.29, 0.717) is 0 Å². The molecule has 4 rings (SSSR count). The fourth-order valence-electron chi connectivity index (χ4n) is 3.29. The van der Waals surface area contributed by atoms with E-state index in [0.717, 1.165) is 16.4 Å². The quantitative estimate of drug-likeness (QED) is 0.545. The van der Waals surface area contributed by atoms with Crippen molar-refractivity contribution >= 4 is 42.2 Å². The van der Waals surface area contributed by atoms with Crippen LogP contribution in [0.25, 0.3) is 5.57 Å². The van der Waals surface area contributed by atoms with Crippen molar-refractivity contribution in [1.29, 1.82) is 0 Å². The van der Waals surface area contributed by atoms with Crippen LogP contribution < -0.4 is 4.90 Å². The van der Waals surface area contributed by atoms with Gasteiger partial charge in [0, 0.05) is 38.9 Å². The highest BCUT2D eigenvalue weighted by Gasteiger charge is 2.26. The van der Waals surface area contributed by atoms with Crippen LogP contribution in [0.2, 0.25) is 0 Å². The fourth-order valence-corrected chi connectivity index (χ4v) is 3.77. The van der Waals surface area contributed by atoms with Crippen LogP contribution >= 0.6 is 25.3 Å². The highest BCUT2D eigenvalue weighted by atomic mass is 32.2. The lowest BCUT2D eigenvalue weighted by Gasteiger charge is -2.35. The summed E-state index contributed by atoms with van der Waals surface area (Å²) in [4.78, 5) is 2.37. The van der Waals surface area contributed by atoms with Crippen molar-refractivity contribution in [2.45, 2.75) is 6.54 Å². The third kappa shape index (κ3) is 2.64. The first kappa shape index (κ1) is 15.4. The van der Waals surface area contributed by atoms with Crippen molar-refractivity contribution in [1.82, 2.24) is 0 Å². The van der Waals surface area contributed by atoms with Gasteiger partial charge in [-0.25, -0.2) is 0 Å². The molecule has 3 heteroatoms. The van der Waals surface area contributed by atoms with Crippen LogP contribution in [-0.2, 0) is 6.54 Å². The maximum atomic E-state index is 4.54. The van der Waals surface area contributed by atoms with Gasteiger partial charge in [0.05, 0.1) is 0 Å². The summed E-state index contributed by atoms with van der Waals surface area (Å²) in [5, 5.41) is 0. The van der Waals surface area contributed by atoms with Gasteiger partial charge in [0.2, 0.25) is 0 Å². The SMILES string of the molecule is SC(S)=C1c2ccccc2N(Cc2ccccc2)c2ccccc21. The summed E-state index contributed by atoms with van der Waals surface area (Å²) in [5.74, 6) is 0. The highest BCUT2D eigenvalue weighted by Crippen LogP contribution is 2.47. The van der Waals surface area contributed by atoms with E-state index in [1.807, 2.05) is 0 Å². The van der Waals surface area contributed by atoms with E-state index in [1.165, 1.54) is 28.1 Å². The number of nitrogens with zero attached hydrogens (tertiary/aromatic N) is 1. The first-order valence-corrected chi connectivity index (χ1v) is 8.77. The Hall–Kier alpha value is -2.10. The standard InChI is InChI=1S/C21H17NS2/c23-21(24)20-16-10-4-6-12-18(16)22(14-15-8-2-1-3-9-15)19-13-7-5-11-17(19)20/h1-13,23-24H,14H2. The average Bonchev–Trinajstić information content (AvgIpc) is 2.62. The van der Waals surface area contributed by atoms with Crippen LogP contribution in [0.3, 0.4) is 0 Å². The van der Waals surface area contributed by atoms with Gasteiger partial charge in [0.1, 0.15) is 0 Å². The predicted octanol–water partition coefficient (Wildman–Crippen LogP) is 5.91. The van der Waals surface area contributed by atoms with Crippen molar-refractivity contribution in [2.24, 2.45) is 0 Å². The highest BCUT2D eigenvalue weighted by molar-refractivity contribution is 8.05. The zero-order chi connectivity index (χ0) is 16.5. The first-order chi connectivity index (χ1) is 11.8. The molecule has 0 atom stereocenters. The van der Waals surface area contributed by atoms with Gasteiger partial charge >= 0.3 is 0 Å². The Bertz CT molecular complexity index is 862. The number of benzene rings is 3. The molecule has 1 aliphatic heterocycles. The second-order valence-corrected chi connectivity index (χ2v) is 7.05. The van der Waals surface area contributed by atoms with E-state index in [1.54, 1.807) is 0 Å². The van der Waals surface area contributed by atoms with Gasteiger partial charge in [-0.2, -0.15) is 0 Å². The van der Waals surface area contributed by atoms with Gasteiger partial charge in [-0.15, -0.1) is 25.3 Å². The number of hydrogen-bond acceptors (Lipinski definition) is 3. The molecule has 0 unspecified atom stereocenters. The first-order valence-electron chi connectivity index (χ1n) is 7.88. The molecular weight excluding hydrogens is 330 g/mol. The molecule has 0 aliphatic carbocycles. The summed E-state index contributed by atoms with van der Waals surface area (Å²) in [6.45, 7) is 0.830. The molecule has 0 N–H and O–H groups in total. The minimum Gasteiger partial charge on any atom is -0.336 e. The number of thiol groups is 2. The second kappa shape index (κ2) is 6.42. The van der Waals surface area contributed by atoms with Crippen molar-refractivity contribution in [2.75, 3.05) is 4.90 Å². The molecule has 3 aromatic carbocycles. The third-order valence-corrected chi connectivity index (χ3v) is 4.78. The molecule has 0 fully saturated rings. The molecule has 118 valence electrons. The number of anilines is 2. The molecule has 0 amide bonds. The molecular formula is C21H17NS2. The van der Waals surface area contributed by atoms with Crippen molar-refractivity contribution in [3.63, 3.8) is 0 Å². The maximum Gasteiger partial charge on any atom is 0.0494 e. The molecule has 0 radical (unpaired) electrons. The van der Waals surface area contributed by atoms with Gasteiger partial charge in [0.25, 0.3) is 0 Å². The van der Waals surface area contributed by atoms with Crippen molar-refractivity contribution in [3.05, 3.63) is 99.8 Å². The topological polar surface area (TPSA) is 3.24 Å². The minimum absolute atomic E-state index is 0.745. The van der Waals surface area contributed by atoms with Gasteiger partial charge in [-0.1, -0.05) is 66.7 Å². The van der Waals surface area contributed by atoms with Crippen molar-refractivity contribution in [3.8, 4) is 0 Å². The molecule has 24 heavy (non-hydrogen) atoms. The van der Waals surface area contributed by atoms with E-state index in [9.17, 15) is 0 Å². The third-order valence-electron chi connectivity index (χ3n) is 4.34. The zero-order valence-electron chi connectivity index (χ0n) is 13.1. The molecule has 1 heterocycles. The molecule has 0 saturated heterocycles. The Morgan fingerprint density at radius 1 is 0.667 bits per heavy atom. The lowest BCUT2D eigenvalue weighted by atomic mass is 9.91. The van der Waals surface area contributed by atoms with Crippen LogP contribution in [0.1, 0.15) is 16.7 Å². The largest absolute Gasteiger partial charge is 0.336 e. The van der Waals surface area contributed by atoms with Gasteiger partial charge in [-0.3, -0.25) is 0 Å². The van der Waals surface area contributed by atoms with Crippen LogP contribution in [0.4, 0.5) is 11.4 Å². The van der Waals surface area contributed by atoms with E-state index >= 15 is 0 Å². The molecule has 3 aromatic rings. The summed E-state index contributed by atoms with van der Waals surface area (Å²) in [5.41, 5.74) is 7.11. The summed E-state index contributed by atoms with van der Waals surface area (Å²) in [6, 6.07) is 27.5. The van der Waals surface area contributed by atoms with Gasteiger partial charge < -0.3 is 4.90 Å². The number of para-hydroxylation sites is 2. The Balaban J connectivity index is 1.93. The average molecular weight is 348 g/mol. The van der Waals surface area contributed by atoms with Crippen LogP contribution in [0.15, 0.2) is 83.1 Å². The predicted molar refractivity (Wildman–Crippen MR) is 109 cm³/mol. The van der Waals surface area contributed by atoms with E-state index in [-0.39, 0.29) is 0 Å². The van der Waals surface area contributed by atoms with Gasteiger partial charge in [-0.05, 0) is 17.7 Å². The molecule has 0 saturated carbocycles. The molecule has 1 nitrogen and oxygen atoms in total. The van der Waals surface area contributed by atoms with Crippen molar-refractivity contribution < 1.29 is 0 Å². The molecule has 0 bridgehead atoms. The number of hydrogen-bond donors (Lipinski definition) is 2. The van der Waals surface area contributed by atoms with E-state index < -0.39 is 0 Å². The maximum absolute atomic E-state index is 4.54. The second-order valence-electron chi connectivity index (χ2n) is 5.80. The molecule has 1 aliphatic rings. The van der Waals surface area contributed by atoms with Crippen LogP contribution in [0.5, 0.6) is 0 Å². The number of fused-ring (bicyclic) bond motifs is 2. The minimum atomic E-state index is 0.745. The van der Waals surface area contributed by atoms with Crippen LogP contribution in [-0.4, -0.2) is 0 Å². The summed E-state index contributed by atoms with van der Waals surface area (Å²) in [7, 11) is 0. The normalized spacial score (nSPS) is 12.6. The summed E-state index contributed by atoms with van der Waals surface area (Å²) < 4.78 is 0.745. The smallest absolute Gasteiger partial charge is 0.0494 e. The monoisotopic (exact) mass is 347 g/mol. The van der Waals surface area contributed by atoms with E-state index in [2.05, 4.69) is 109 Å². The lowest BCUT2D eigenvalue weighted by Crippen LogP contribution is -2.22. The molecule has 0 aromatic heterocycles. The Kier molecular flexibility index (Phi) is 4.13. The summed E-state index contributed by atoms with van der Waals surface area (Å²) in [6.07, 6.45) is 0. The Morgan fingerprint density at radius 3 is 1.71 bits per heavy atom. The Morgan fingerprint density at radius 2 is 1.17 bits per heavy atom. The summed E-state index contributed by atoms with van der Waals surface area (Å²) >= 11 is 9.09. The van der Waals surface area contributed by atoms with E-state index in [4.69, 9.17) is 0 Å². The molecule has 0 spiro atoms. The zero-order valence-corrected chi connectivity index (χ0v) is 14.8. The van der Waals surface area contributed by atoms with Crippen LogP contribution in [0, 0.1) is 0 Å². The Labute approximate surface area is 153 Å². The number of rotatable bonds is 2. The fraction of sp³-hybridized carbons (Fsp3) is 0.0476. The lowest BCUT2D eigenvalue weighted by molar-refractivity contribution is 0.963. The van der Waals surface area contributed by atoms with Gasteiger partial charge in [0.15, 0.2) is 0 Å².